The third-order valence-corrected chi connectivity index (χ3v) is 1.21. The first-order chi connectivity index (χ1) is 3.41. The van der Waals surface area contributed by atoms with E-state index in [1.807, 2.05) is 0 Å². The van der Waals surface area contributed by atoms with Gasteiger partial charge in [0.25, 0.3) is 0 Å². The van der Waals surface area contributed by atoms with E-state index < -0.39 is 0 Å². The molecule has 0 amide bonds. The molecule has 0 bridgehead atoms. The molecule has 0 radical (unpaired) electrons. The van der Waals surface area contributed by atoms with Gasteiger partial charge in [0.1, 0.15) is 0 Å². The molecular formula is C7H22N2. The van der Waals surface area contributed by atoms with Crippen molar-refractivity contribution >= 4 is 0 Å². The van der Waals surface area contributed by atoms with Crippen LogP contribution < -0.4 is 12.3 Å². The Bertz CT molecular complexity index is 26.1. The highest BCUT2D eigenvalue weighted by Crippen LogP contribution is 2.00. The van der Waals surface area contributed by atoms with Gasteiger partial charge in [0, 0.05) is 0 Å². The molecule has 0 heterocycles. The SMILES string of the molecule is CCCCCCC.N.N. The van der Waals surface area contributed by atoms with Crippen molar-refractivity contribution in [2.45, 2.75) is 46.0 Å². The fourth-order valence-electron chi connectivity index (χ4n) is 0.677. The minimum absolute atomic E-state index is 0. The Labute approximate surface area is 59.2 Å². The lowest BCUT2D eigenvalue weighted by Crippen LogP contribution is -1.70. The summed E-state index contributed by atoms with van der Waals surface area (Å²) in [7, 11) is 0. The van der Waals surface area contributed by atoms with Crippen molar-refractivity contribution in [1.82, 2.24) is 12.3 Å². The van der Waals surface area contributed by atoms with Crippen LogP contribution in [0, 0.1) is 0 Å². The summed E-state index contributed by atoms with van der Waals surface area (Å²) in [6.07, 6.45) is 7.01. The number of rotatable bonds is 4. The first-order valence-corrected chi connectivity index (χ1v) is 3.41. The maximum absolute atomic E-state index is 2.25. The molecule has 0 saturated carbocycles. The van der Waals surface area contributed by atoms with E-state index in [0.29, 0.717) is 0 Å². The molecule has 0 aromatic heterocycles. The van der Waals surface area contributed by atoms with Gasteiger partial charge in [0.15, 0.2) is 0 Å². The quantitative estimate of drug-likeness (QED) is 0.579. The minimum atomic E-state index is 0. The second-order valence-electron chi connectivity index (χ2n) is 2.06. The Morgan fingerprint density at radius 1 is 0.667 bits per heavy atom. The van der Waals surface area contributed by atoms with Gasteiger partial charge in [0.2, 0.25) is 0 Å². The summed E-state index contributed by atoms with van der Waals surface area (Å²) in [6.45, 7) is 4.49. The molecule has 0 aromatic rings. The second-order valence-corrected chi connectivity index (χ2v) is 2.06. The van der Waals surface area contributed by atoms with Gasteiger partial charge in [-0.1, -0.05) is 46.0 Å². The standard InChI is InChI=1S/C7H16.2H3N/c1-3-5-7-6-4-2;;/h3-7H2,1-2H3;2*1H3. The molecule has 0 atom stereocenters. The molecule has 0 aliphatic carbocycles. The predicted molar refractivity (Wildman–Crippen MR) is 44.5 cm³/mol. The zero-order valence-corrected chi connectivity index (χ0v) is 6.95. The molecule has 0 aliphatic rings. The van der Waals surface area contributed by atoms with Crippen LogP contribution >= 0.6 is 0 Å². The highest BCUT2D eigenvalue weighted by atomic mass is 14.0. The lowest BCUT2D eigenvalue weighted by molar-refractivity contribution is 0.656. The number of hydrogen-bond donors (Lipinski definition) is 2. The van der Waals surface area contributed by atoms with Gasteiger partial charge in [-0.05, 0) is 0 Å². The van der Waals surface area contributed by atoms with Crippen LogP contribution in [0.4, 0.5) is 0 Å². The first-order valence-electron chi connectivity index (χ1n) is 3.41. The van der Waals surface area contributed by atoms with Gasteiger partial charge in [-0.15, -0.1) is 0 Å². The highest BCUT2D eigenvalue weighted by Gasteiger charge is 1.80. The zero-order chi connectivity index (χ0) is 5.54. The third-order valence-electron chi connectivity index (χ3n) is 1.21. The molecule has 9 heavy (non-hydrogen) atoms. The molecule has 0 fully saturated rings. The molecule has 0 rings (SSSR count). The molecule has 2 nitrogen and oxygen atoms in total. The summed E-state index contributed by atoms with van der Waals surface area (Å²) in [4.78, 5) is 0. The molecule has 2 heteroatoms. The summed E-state index contributed by atoms with van der Waals surface area (Å²) in [5, 5.41) is 0. The second kappa shape index (κ2) is 15.7. The van der Waals surface area contributed by atoms with Gasteiger partial charge in [0.05, 0.1) is 0 Å². The van der Waals surface area contributed by atoms with Crippen molar-refractivity contribution in [1.29, 1.82) is 0 Å². The molecule has 0 unspecified atom stereocenters. The molecule has 6 N–H and O–H groups in total. The predicted octanol–water partition coefficient (Wildman–Crippen LogP) is 3.30. The lowest BCUT2D eigenvalue weighted by Gasteiger charge is -1.90. The van der Waals surface area contributed by atoms with Gasteiger partial charge >= 0.3 is 0 Å². The normalized spacial score (nSPS) is 7.33. The van der Waals surface area contributed by atoms with E-state index in [-0.39, 0.29) is 12.3 Å². The molecule has 0 aromatic carbocycles. The number of unbranched alkanes of at least 4 members (excludes halogenated alkanes) is 4. The van der Waals surface area contributed by atoms with E-state index in [2.05, 4.69) is 13.8 Å². The van der Waals surface area contributed by atoms with E-state index in [0.717, 1.165) is 0 Å². The van der Waals surface area contributed by atoms with Gasteiger partial charge in [-0.25, -0.2) is 0 Å². The van der Waals surface area contributed by atoms with E-state index >= 15 is 0 Å². The van der Waals surface area contributed by atoms with Crippen LogP contribution in [0.3, 0.4) is 0 Å². The monoisotopic (exact) mass is 134 g/mol. The molecule has 0 spiro atoms. The lowest BCUT2D eigenvalue weighted by atomic mass is 10.2. The van der Waals surface area contributed by atoms with E-state index in [1.54, 1.807) is 0 Å². The van der Waals surface area contributed by atoms with Crippen LogP contribution in [0.2, 0.25) is 0 Å². The zero-order valence-electron chi connectivity index (χ0n) is 6.95. The Kier molecular flexibility index (Phi) is 27.8. The van der Waals surface area contributed by atoms with Crippen LogP contribution in [-0.4, -0.2) is 0 Å². The summed E-state index contributed by atoms with van der Waals surface area (Å²) in [6, 6.07) is 0. The van der Waals surface area contributed by atoms with Crippen LogP contribution in [0.5, 0.6) is 0 Å². The Hall–Kier alpha value is -0.0800. The average Bonchev–Trinajstić information content (AvgIpc) is 1.69. The minimum Gasteiger partial charge on any atom is -0.344 e. The van der Waals surface area contributed by atoms with Crippen molar-refractivity contribution in [2.75, 3.05) is 0 Å². The van der Waals surface area contributed by atoms with Crippen molar-refractivity contribution in [3.8, 4) is 0 Å². The summed E-state index contributed by atoms with van der Waals surface area (Å²) >= 11 is 0. The molecule has 0 aliphatic heterocycles. The van der Waals surface area contributed by atoms with Crippen LogP contribution in [-0.2, 0) is 0 Å². The van der Waals surface area contributed by atoms with Crippen molar-refractivity contribution in [2.24, 2.45) is 0 Å². The van der Waals surface area contributed by atoms with Crippen molar-refractivity contribution < 1.29 is 0 Å². The first kappa shape index (κ1) is 16.0. The van der Waals surface area contributed by atoms with E-state index in [1.165, 1.54) is 32.1 Å². The van der Waals surface area contributed by atoms with Crippen molar-refractivity contribution in [3.63, 3.8) is 0 Å². The molecule has 60 valence electrons. The Morgan fingerprint density at radius 3 is 1.22 bits per heavy atom. The number of hydrogen-bond acceptors (Lipinski definition) is 2. The average molecular weight is 134 g/mol. The van der Waals surface area contributed by atoms with Gasteiger partial charge in [-0.2, -0.15) is 0 Å². The largest absolute Gasteiger partial charge is 0.344 e. The van der Waals surface area contributed by atoms with Crippen LogP contribution in [0.25, 0.3) is 0 Å². The Morgan fingerprint density at radius 2 is 1.00 bits per heavy atom. The van der Waals surface area contributed by atoms with E-state index in [9.17, 15) is 0 Å². The van der Waals surface area contributed by atoms with Crippen LogP contribution in [0.1, 0.15) is 46.0 Å². The Balaban J connectivity index is -0.000000180. The van der Waals surface area contributed by atoms with Crippen LogP contribution in [0.15, 0.2) is 0 Å². The van der Waals surface area contributed by atoms with Crippen molar-refractivity contribution in [3.05, 3.63) is 0 Å². The molecule has 0 saturated heterocycles. The smallest absolute Gasteiger partial charge is 0.0533 e. The maximum atomic E-state index is 2.25. The summed E-state index contributed by atoms with van der Waals surface area (Å²) in [5.41, 5.74) is 0. The molecular weight excluding hydrogens is 112 g/mol. The van der Waals surface area contributed by atoms with Gasteiger partial charge < -0.3 is 12.3 Å². The highest BCUT2D eigenvalue weighted by molar-refractivity contribution is 4.35. The maximum Gasteiger partial charge on any atom is -0.0533 e. The topological polar surface area (TPSA) is 70.0 Å². The third kappa shape index (κ3) is 18.1. The fraction of sp³-hybridized carbons (Fsp3) is 1.00. The fourth-order valence-corrected chi connectivity index (χ4v) is 0.677. The van der Waals surface area contributed by atoms with E-state index in [4.69, 9.17) is 0 Å². The summed E-state index contributed by atoms with van der Waals surface area (Å²) in [5.74, 6) is 0. The summed E-state index contributed by atoms with van der Waals surface area (Å²) < 4.78 is 0. The van der Waals surface area contributed by atoms with Gasteiger partial charge in [-0.3, -0.25) is 0 Å².